The quantitative estimate of drug-likeness (QED) is 0.479. The van der Waals surface area contributed by atoms with Crippen LogP contribution in [-0.2, 0) is 9.59 Å². The van der Waals surface area contributed by atoms with E-state index in [9.17, 15) is 9.59 Å². The van der Waals surface area contributed by atoms with E-state index in [1.54, 1.807) is 6.92 Å². The number of rotatable bonds is 4. The van der Waals surface area contributed by atoms with Gasteiger partial charge in [-0.25, -0.2) is 0 Å². The Morgan fingerprint density at radius 2 is 2.44 bits per heavy atom. The minimum atomic E-state index is -0.512. The topological polar surface area (TPSA) is 72.2 Å². The van der Waals surface area contributed by atoms with Crippen LogP contribution in [0.2, 0.25) is 0 Å². The molecule has 52 valence electrons. The van der Waals surface area contributed by atoms with E-state index in [1.165, 1.54) is 0 Å². The lowest BCUT2D eigenvalue weighted by molar-refractivity contribution is -0.122. The van der Waals surface area contributed by atoms with E-state index < -0.39 is 11.9 Å². The molecule has 0 aliphatic carbocycles. The van der Waals surface area contributed by atoms with Crippen molar-refractivity contribution in [2.45, 2.75) is 19.4 Å². The summed E-state index contributed by atoms with van der Waals surface area (Å²) < 4.78 is 0. The van der Waals surface area contributed by atoms with Crippen LogP contribution in [0.1, 0.15) is 13.3 Å². The van der Waals surface area contributed by atoms with Gasteiger partial charge in [-0.1, -0.05) is 6.92 Å². The Labute approximate surface area is 53.4 Å². The predicted molar refractivity (Wildman–Crippen MR) is 32.5 cm³/mol. The molecule has 1 atom stereocenters. The molecule has 0 bridgehead atoms. The van der Waals surface area contributed by atoms with Crippen molar-refractivity contribution in [2.24, 2.45) is 5.73 Å². The Morgan fingerprint density at radius 1 is 1.89 bits per heavy atom. The minimum absolute atomic E-state index is 0.471. The molecule has 0 aliphatic rings. The monoisotopic (exact) mass is 130 g/mol. The maximum absolute atomic E-state index is 10.3. The average Bonchev–Trinajstić information content (AvgIpc) is 1.82. The van der Waals surface area contributed by atoms with Crippen LogP contribution < -0.4 is 11.1 Å². The fraction of sp³-hybridized carbons (Fsp3) is 0.600. The lowest BCUT2D eigenvalue weighted by Gasteiger charge is -2.06. The van der Waals surface area contributed by atoms with Crippen LogP contribution in [0, 0.1) is 0 Å². The SMILES string of the molecule is CCC(NC=O)C(N)=O. The Kier molecular flexibility index (Phi) is 3.43. The minimum Gasteiger partial charge on any atom is -0.368 e. The first-order chi connectivity index (χ1) is 4.22. The van der Waals surface area contributed by atoms with Crippen LogP contribution in [0.4, 0.5) is 0 Å². The first-order valence-electron chi connectivity index (χ1n) is 2.71. The van der Waals surface area contributed by atoms with Crippen LogP contribution in [0.3, 0.4) is 0 Å². The highest BCUT2D eigenvalue weighted by atomic mass is 16.2. The van der Waals surface area contributed by atoms with E-state index in [2.05, 4.69) is 5.32 Å². The van der Waals surface area contributed by atoms with E-state index in [4.69, 9.17) is 5.73 Å². The average molecular weight is 130 g/mol. The largest absolute Gasteiger partial charge is 0.368 e. The maximum atomic E-state index is 10.3. The molecule has 4 nitrogen and oxygen atoms in total. The molecule has 1 unspecified atom stereocenters. The van der Waals surface area contributed by atoms with Crippen molar-refractivity contribution in [3.05, 3.63) is 0 Å². The van der Waals surface area contributed by atoms with E-state index in [0.29, 0.717) is 12.8 Å². The highest BCUT2D eigenvalue weighted by Gasteiger charge is 2.09. The Bertz CT molecular complexity index is 114. The fourth-order valence-corrected chi connectivity index (χ4v) is 0.483. The van der Waals surface area contributed by atoms with Crippen molar-refractivity contribution in [1.29, 1.82) is 0 Å². The van der Waals surface area contributed by atoms with Crippen LogP contribution in [0.25, 0.3) is 0 Å². The molecule has 0 saturated heterocycles. The Morgan fingerprint density at radius 3 is 2.56 bits per heavy atom. The predicted octanol–water partition coefficient (Wildman–Crippen LogP) is -1.00. The van der Waals surface area contributed by atoms with Crippen molar-refractivity contribution in [1.82, 2.24) is 5.32 Å². The summed E-state index contributed by atoms with van der Waals surface area (Å²) in [7, 11) is 0. The van der Waals surface area contributed by atoms with Crippen molar-refractivity contribution in [3.63, 3.8) is 0 Å². The van der Waals surface area contributed by atoms with E-state index >= 15 is 0 Å². The second-order valence-corrected chi connectivity index (χ2v) is 1.65. The third-order valence-corrected chi connectivity index (χ3v) is 1.02. The van der Waals surface area contributed by atoms with Gasteiger partial charge in [0.05, 0.1) is 0 Å². The van der Waals surface area contributed by atoms with Gasteiger partial charge in [0.2, 0.25) is 12.3 Å². The summed E-state index contributed by atoms with van der Waals surface area (Å²) in [4.78, 5) is 20.1. The highest BCUT2D eigenvalue weighted by molar-refractivity contribution is 5.81. The molecule has 2 amide bonds. The molecule has 0 aromatic rings. The van der Waals surface area contributed by atoms with Gasteiger partial charge in [0.25, 0.3) is 0 Å². The summed E-state index contributed by atoms with van der Waals surface area (Å²) >= 11 is 0. The third-order valence-electron chi connectivity index (χ3n) is 1.02. The first-order valence-corrected chi connectivity index (χ1v) is 2.71. The van der Waals surface area contributed by atoms with Gasteiger partial charge in [0.1, 0.15) is 6.04 Å². The number of hydrogen-bond acceptors (Lipinski definition) is 2. The van der Waals surface area contributed by atoms with Gasteiger partial charge in [-0.2, -0.15) is 0 Å². The number of primary amides is 1. The summed E-state index contributed by atoms with van der Waals surface area (Å²) in [6, 6.07) is -0.512. The molecule has 0 radical (unpaired) electrons. The normalized spacial score (nSPS) is 12.1. The van der Waals surface area contributed by atoms with Crippen molar-refractivity contribution in [2.75, 3.05) is 0 Å². The molecule has 4 heteroatoms. The van der Waals surface area contributed by atoms with Gasteiger partial charge in [-0.3, -0.25) is 9.59 Å². The van der Waals surface area contributed by atoms with Gasteiger partial charge in [-0.05, 0) is 6.42 Å². The molecule has 0 fully saturated rings. The van der Waals surface area contributed by atoms with E-state index in [-0.39, 0.29) is 0 Å². The lowest BCUT2D eigenvalue weighted by Crippen LogP contribution is -2.39. The fourth-order valence-electron chi connectivity index (χ4n) is 0.483. The molecule has 0 aliphatic heterocycles. The number of amides is 2. The van der Waals surface area contributed by atoms with E-state index in [0.717, 1.165) is 0 Å². The van der Waals surface area contributed by atoms with Crippen LogP contribution in [0.5, 0.6) is 0 Å². The van der Waals surface area contributed by atoms with Crippen molar-refractivity contribution < 1.29 is 9.59 Å². The molecule has 0 spiro atoms. The zero-order chi connectivity index (χ0) is 7.28. The first kappa shape index (κ1) is 7.94. The van der Waals surface area contributed by atoms with Crippen LogP contribution in [0.15, 0.2) is 0 Å². The number of nitrogens with one attached hydrogen (secondary N) is 1. The Balaban J connectivity index is 3.67. The molecule has 3 N–H and O–H groups in total. The Hall–Kier alpha value is -1.06. The smallest absolute Gasteiger partial charge is 0.239 e. The van der Waals surface area contributed by atoms with Gasteiger partial charge in [0.15, 0.2) is 0 Å². The van der Waals surface area contributed by atoms with Crippen LogP contribution >= 0.6 is 0 Å². The summed E-state index contributed by atoms with van der Waals surface area (Å²) in [6.07, 6.45) is 1.01. The molecule has 0 saturated carbocycles. The third kappa shape index (κ3) is 2.69. The van der Waals surface area contributed by atoms with Gasteiger partial charge < -0.3 is 11.1 Å². The van der Waals surface area contributed by atoms with Crippen molar-refractivity contribution in [3.8, 4) is 0 Å². The number of carbonyl (C=O) groups excluding carboxylic acids is 2. The molecule has 0 aromatic carbocycles. The zero-order valence-corrected chi connectivity index (χ0v) is 5.26. The van der Waals surface area contributed by atoms with Crippen molar-refractivity contribution >= 4 is 12.3 Å². The molecule has 0 heterocycles. The molecular formula is C5H10N2O2. The molecule has 0 aromatic heterocycles. The summed E-state index contributed by atoms with van der Waals surface area (Å²) in [5.41, 5.74) is 4.87. The summed E-state index contributed by atoms with van der Waals surface area (Å²) in [5, 5.41) is 2.28. The van der Waals surface area contributed by atoms with E-state index in [1.807, 2.05) is 0 Å². The van der Waals surface area contributed by atoms with Gasteiger partial charge >= 0.3 is 0 Å². The highest BCUT2D eigenvalue weighted by Crippen LogP contribution is 1.85. The van der Waals surface area contributed by atoms with Gasteiger partial charge in [-0.15, -0.1) is 0 Å². The standard InChI is InChI=1S/C5H10N2O2/c1-2-4(5(6)9)7-3-8/h3-4H,2H2,1H3,(H2,6,9)(H,7,8). The summed E-state index contributed by atoms with van der Waals surface area (Å²) in [6.45, 7) is 1.77. The van der Waals surface area contributed by atoms with Crippen LogP contribution in [-0.4, -0.2) is 18.4 Å². The molecular weight excluding hydrogens is 120 g/mol. The molecule has 0 rings (SSSR count). The zero-order valence-electron chi connectivity index (χ0n) is 5.26. The summed E-state index contributed by atoms with van der Waals surface area (Å²) in [5.74, 6) is -0.496. The number of carbonyl (C=O) groups is 2. The maximum Gasteiger partial charge on any atom is 0.239 e. The number of nitrogens with two attached hydrogens (primary N) is 1. The van der Waals surface area contributed by atoms with Gasteiger partial charge in [0, 0.05) is 0 Å². The molecule has 9 heavy (non-hydrogen) atoms. The number of hydrogen-bond donors (Lipinski definition) is 2. The lowest BCUT2D eigenvalue weighted by atomic mass is 10.2. The second-order valence-electron chi connectivity index (χ2n) is 1.65. The second kappa shape index (κ2) is 3.88.